The number of carbonyl (C=O) groups is 1. The molecule has 2 atom stereocenters. The average molecular weight is 278 g/mol. The minimum Gasteiger partial charge on any atom is -0.340 e. The predicted octanol–water partition coefficient (Wildman–Crippen LogP) is 2.73. The third-order valence-corrected chi connectivity index (χ3v) is 4.01. The number of benzene rings is 1. The molecule has 2 rings (SSSR count). The summed E-state index contributed by atoms with van der Waals surface area (Å²) >= 11 is 0. The minimum absolute atomic E-state index is 0.138. The Balaban J connectivity index is 2.10. The van der Waals surface area contributed by atoms with E-state index in [1.807, 2.05) is 17.9 Å². The minimum atomic E-state index is -0.211. The first kappa shape index (κ1) is 15.0. The van der Waals surface area contributed by atoms with E-state index in [0.717, 1.165) is 19.5 Å². The lowest BCUT2D eigenvalue weighted by molar-refractivity contribution is -0.128. The lowest BCUT2D eigenvalue weighted by Gasteiger charge is -2.25. The van der Waals surface area contributed by atoms with Gasteiger partial charge in [0.25, 0.3) is 0 Å². The molecule has 0 aliphatic carbocycles. The second-order valence-corrected chi connectivity index (χ2v) is 5.41. The molecule has 1 saturated heterocycles. The standard InChI is InChI=1S/C16H23FN2O/c1-3-12-9-16(20)19(10-12)11-15(18-4-2)13-7-5-6-8-14(13)17/h5-8,12,15,18H,3-4,9-11H2,1-2H3. The van der Waals surface area contributed by atoms with Crippen molar-refractivity contribution in [3.8, 4) is 0 Å². The molecule has 0 spiro atoms. The fourth-order valence-electron chi connectivity index (χ4n) is 2.80. The zero-order valence-electron chi connectivity index (χ0n) is 12.2. The van der Waals surface area contributed by atoms with Crippen molar-refractivity contribution in [2.75, 3.05) is 19.6 Å². The molecule has 1 N–H and O–H groups in total. The summed E-state index contributed by atoms with van der Waals surface area (Å²) in [5, 5.41) is 3.29. The number of amides is 1. The summed E-state index contributed by atoms with van der Waals surface area (Å²) in [7, 11) is 0. The van der Waals surface area contributed by atoms with E-state index in [1.165, 1.54) is 6.07 Å². The Kier molecular flexibility index (Phi) is 5.12. The summed E-state index contributed by atoms with van der Waals surface area (Å²) in [5.41, 5.74) is 0.641. The number of hydrogen-bond acceptors (Lipinski definition) is 2. The maximum absolute atomic E-state index is 13.9. The quantitative estimate of drug-likeness (QED) is 0.868. The molecule has 20 heavy (non-hydrogen) atoms. The van der Waals surface area contributed by atoms with Crippen molar-refractivity contribution in [3.05, 3.63) is 35.6 Å². The fraction of sp³-hybridized carbons (Fsp3) is 0.562. The van der Waals surface area contributed by atoms with Crippen molar-refractivity contribution in [2.24, 2.45) is 5.92 Å². The summed E-state index contributed by atoms with van der Waals surface area (Å²) in [4.78, 5) is 13.9. The maximum atomic E-state index is 13.9. The average Bonchev–Trinajstić information content (AvgIpc) is 2.80. The highest BCUT2D eigenvalue weighted by Gasteiger charge is 2.30. The summed E-state index contributed by atoms with van der Waals surface area (Å²) in [6.45, 7) is 6.20. The van der Waals surface area contributed by atoms with Crippen LogP contribution in [0.25, 0.3) is 0 Å². The van der Waals surface area contributed by atoms with E-state index in [-0.39, 0.29) is 17.8 Å². The molecular weight excluding hydrogens is 255 g/mol. The number of likely N-dealkylation sites (N-methyl/N-ethyl adjacent to an activating group) is 1. The molecule has 1 aliphatic heterocycles. The predicted molar refractivity (Wildman–Crippen MR) is 77.8 cm³/mol. The number of rotatable bonds is 6. The van der Waals surface area contributed by atoms with Gasteiger partial charge in [0, 0.05) is 25.1 Å². The van der Waals surface area contributed by atoms with Crippen molar-refractivity contribution in [2.45, 2.75) is 32.7 Å². The van der Waals surface area contributed by atoms with Gasteiger partial charge in [-0.2, -0.15) is 0 Å². The SMILES string of the molecule is CCNC(CN1CC(CC)CC1=O)c1ccccc1F. The summed E-state index contributed by atoms with van der Waals surface area (Å²) in [5.74, 6) is 0.429. The first-order valence-corrected chi connectivity index (χ1v) is 7.41. The highest BCUT2D eigenvalue weighted by atomic mass is 19.1. The number of nitrogens with one attached hydrogen (secondary N) is 1. The molecule has 1 aliphatic rings. The Morgan fingerprint density at radius 3 is 2.75 bits per heavy atom. The normalized spacial score (nSPS) is 20.4. The van der Waals surface area contributed by atoms with Crippen molar-refractivity contribution in [1.82, 2.24) is 10.2 Å². The molecule has 110 valence electrons. The third-order valence-electron chi connectivity index (χ3n) is 4.01. The monoisotopic (exact) mass is 278 g/mol. The second-order valence-electron chi connectivity index (χ2n) is 5.41. The van der Waals surface area contributed by atoms with Gasteiger partial charge in [0.15, 0.2) is 0 Å². The highest BCUT2D eigenvalue weighted by Crippen LogP contribution is 2.24. The van der Waals surface area contributed by atoms with E-state index >= 15 is 0 Å². The fourth-order valence-corrected chi connectivity index (χ4v) is 2.80. The van der Waals surface area contributed by atoms with Crippen LogP contribution in [0.3, 0.4) is 0 Å². The van der Waals surface area contributed by atoms with Crippen LogP contribution < -0.4 is 5.32 Å². The molecule has 1 amide bonds. The van der Waals surface area contributed by atoms with Gasteiger partial charge in [-0.25, -0.2) is 4.39 Å². The lowest BCUT2D eigenvalue weighted by Crippen LogP contribution is -2.36. The molecule has 1 heterocycles. The van der Waals surface area contributed by atoms with E-state index in [1.54, 1.807) is 12.1 Å². The van der Waals surface area contributed by atoms with Crippen molar-refractivity contribution in [3.63, 3.8) is 0 Å². The molecule has 0 bridgehead atoms. The van der Waals surface area contributed by atoms with Crippen LogP contribution in [0.4, 0.5) is 4.39 Å². The Morgan fingerprint density at radius 2 is 2.15 bits per heavy atom. The van der Waals surface area contributed by atoms with E-state index in [2.05, 4.69) is 12.2 Å². The topological polar surface area (TPSA) is 32.3 Å². The first-order valence-electron chi connectivity index (χ1n) is 7.41. The van der Waals surface area contributed by atoms with E-state index in [0.29, 0.717) is 24.4 Å². The van der Waals surface area contributed by atoms with Crippen LogP contribution in [-0.2, 0) is 4.79 Å². The van der Waals surface area contributed by atoms with Gasteiger partial charge in [-0.1, -0.05) is 38.5 Å². The zero-order valence-corrected chi connectivity index (χ0v) is 12.2. The Hall–Kier alpha value is -1.42. The van der Waals surface area contributed by atoms with E-state index in [9.17, 15) is 9.18 Å². The maximum Gasteiger partial charge on any atom is 0.222 e. The van der Waals surface area contributed by atoms with Gasteiger partial charge in [0.05, 0.1) is 6.04 Å². The van der Waals surface area contributed by atoms with Gasteiger partial charge in [0.2, 0.25) is 5.91 Å². The number of halogens is 1. The van der Waals surface area contributed by atoms with Crippen molar-refractivity contribution in [1.29, 1.82) is 0 Å². The summed E-state index contributed by atoms with van der Waals surface area (Å²) in [6.07, 6.45) is 1.65. The van der Waals surface area contributed by atoms with Gasteiger partial charge in [-0.3, -0.25) is 4.79 Å². The van der Waals surface area contributed by atoms with Gasteiger partial charge >= 0.3 is 0 Å². The molecule has 0 aromatic heterocycles. The van der Waals surface area contributed by atoms with Gasteiger partial charge < -0.3 is 10.2 Å². The van der Waals surface area contributed by atoms with Gasteiger partial charge in [-0.15, -0.1) is 0 Å². The van der Waals surface area contributed by atoms with Gasteiger partial charge in [0.1, 0.15) is 5.82 Å². The first-order chi connectivity index (χ1) is 9.65. The number of hydrogen-bond donors (Lipinski definition) is 1. The largest absolute Gasteiger partial charge is 0.340 e. The van der Waals surface area contributed by atoms with E-state index in [4.69, 9.17) is 0 Å². The summed E-state index contributed by atoms with van der Waals surface area (Å²) < 4.78 is 13.9. The Morgan fingerprint density at radius 1 is 1.40 bits per heavy atom. The molecule has 3 nitrogen and oxygen atoms in total. The van der Waals surface area contributed by atoms with Crippen LogP contribution in [-0.4, -0.2) is 30.4 Å². The second kappa shape index (κ2) is 6.84. The number of carbonyl (C=O) groups excluding carboxylic acids is 1. The van der Waals surface area contributed by atoms with Crippen LogP contribution in [0, 0.1) is 11.7 Å². The Labute approximate surface area is 120 Å². The number of likely N-dealkylation sites (tertiary alicyclic amines) is 1. The van der Waals surface area contributed by atoms with Crippen LogP contribution in [0.2, 0.25) is 0 Å². The smallest absolute Gasteiger partial charge is 0.222 e. The Bertz CT molecular complexity index is 464. The van der Waals surface area contributed by atoms with Gasteiger partial charge in [-0.05, 0) is 18.5 Å². The zero-order chi connectivity index (χ0) is 14.5. The molecule has 0 saturated carbocycles. The molecule has 0 radical (unpaired) electrons. The lowest BCUT2D eigenvalue weighted by atomic mass is 10.1. The number of nitrogens with zero attached hydrogens (tertiary/aromatic N) is 1. The molecular formula is C16H23FN2O. The molecule has 1 aromatic rings. The highest BCUT2D eigenvalue weighted by molar-refractivity contribution is 5.78. The molecule has 1 fully saturated rings. The molecule has 1 aromatic carbocycles. The van der Waals surface area contributed by atoms with Crippen LogP contribution in [0.1, 0.15) is 38.3 Å². The van der Waals surface area contributed by atoms with Crippen LogP contribution >= 0.6 is 0 Å². The molecule has 4 heteroatoms. The van der Waals surface area contributed by atoms with Crippen molar-refractivity contribution < 1.29 is 9.18 Å². The van der Waals surface area contributed by atoms with Crippen molar-refractivity contribution >= 4 is 5.91 Å². The van der Waals surface area contributed by atoms with E-state index < -0.39 is 0 Å². The molecule has 2 unspecified atom stereocenters. The summed E-state index contributed by atoms with van der Waals surface area (Å²) in [6, 6.07) is 6.65. The third kappa shape index (κ3) is 3.37. The van der Waals surface area contributed by atoms with Crippen LogP contribution in [0.5, 0.6) is 0 Å². The van der Waals surface area contributed by atoms with Crippen LogP contribution in [0.15, 0.2) is 24.3 Å².